The summed E-state index contributed by atoms with van der Waals surface area (Å²) in [4.78, 5) is 0. The van der Waals surface area contributed by atoms with Crippen LogP contribution in [-0.4, -0.2) is 0 Å². The molecule has 0 amide bonds. The predicted molar refractivity (Wildman–Crippen MR) is 105 cm³/mol. The van der Waals surface area contributed by atoms with Crippen LogP contribution >= 0.6 is 0 Å². The molecule has 0 nitrogen and oxygen atoms in total. The van der Waals surface area contributed by atoms with E-state index in [4.69, 9.17) is 0 Å². The fourth-order valence-corrected chi connectivity index (χ4v) is 5.06. The summed E-state index contributed by atoms with van der Waals surface area (Å²) in [6.07, 6.45) is 0. The molecule has 0 radical (unpaired) electrons. The first-order valence-electron chi connectivity index (χ1n) is 8.91. The molecule has 1 aliphatic rings. The van der Waals surface area contributed by atoms with Gasteiger partial charge in [-0.3, -0.25) is 0 Å². The molecule has 0 aliphatic heterocycles. The zero-order chi connectivity index (χ0) is 17.5. The second kappa shape index (κ2) is 8.79. The van der Waals surface area contributed by atoms with Crippen molar-refractivity contribution in [3.63, 3.8) is 0 Å². The van der Waals surface area contributed by atoms with E-state index >= 15 is 0 Å². The Morgan fingerprint density at radius 3 is 1.25 bits per heavy atom. The average molecular weight is 480 g/mol. The average Bonchev–Trinajstić information content (AvgIpc) is 3.01. The van der Waals surface area contributed by atoms with Crippen molar-refractivity contribution in [3.05, 3.63) is 108 Å². The van der Waals surface area contributed by atoms with Gasteiger partial charge in [-0.1, -0.05) is 0 Å². The van der Waals surface area contributed by atoms with E-state index in [1.54, 1.807) is 24.7 Å². The second-order valence-corrected chi connectivity index (χ2v) is 8.19. The van der Waals surface area contributed by atoms with Gasteiger partial charge in [0.25, 0.3) is 0 Å². The van der Waals surface area contributed by atoms with E-state index < -0.39 is 0 Å². The quantitative estimate of drug-likeness (QED) is 0.396. The van der Waals surface area contributed by atoms with E-state index in [-0.39, 0.29) is 24.8 Å². The molecular weight excluding hydrogens is 462 g/mol. The fraction of sp³-hybridized carbons (Fsp3) is 0.0400. The van der Waals surface area contributed by atoms with Gasteiger partial charge in [-0.25, -0.2) is 0 Å². The number of rotatable bonds is 2. The molecule has 0 saturated carbocycles. The van der Waals surface area contributed by atoms with E-state index in [2.05, 4.69) is 97.1 Å². The van der Waals surface area contributed by atoms with Crippen LogP contribution in [0.1, 0.15) is 14.8 Å². The van der Waals surface area contributed by atoms with Crippen LogP contribution in [0.5, 0.6) is 0 Å². The van der Waals surface area contributed by atoms with Crippen LogP contribution in [-0.2, 0) is 24.7 Å². The Morgan fingerprint density at radius 1 is 0.464 bits per heavy atom. The van der Waals surface area contributed by atoms with Crippen LogP contribution in [0.4, 0.5) is 0 Å². The molecule has 4 aromatic rings. The van der Waals surface area contributed by atoms with Gasteiger partial charge in [0, 0.05) is 0 Å². The van der Waals surface area contributed by atoms with Gasteiger partial charge >= 0.3 is 170 Å². The molecule has 0 atom stereocenters. The topological polar surface area (TPSA) is 0 Å². The van der Waals surface area contributed by atoms with Gasteiger partial charge in [0.1, 0.15) is 0 Å². The van der Waals surface area contributed by atoms with Crippen LogP contribution < -0.4 is 24.8 Å². The Morgan fingerprint density at radius 2 is 0.857 bits per heavy atom. The Kier molecular flexibility index (Phi) is 6.61. The first-order chi connectivity index (χ1) is 12.8. The van der Waals surface area contributed by atoms with Crippen LogP contribution in [0, 0.1) is 0 Å². The number of hydrogen-bond acceptors (Lipinski definition) is 0. The molecule has 3 heteroatoms. The summed E-state index contributed by atoms with van der Waals surface area (Å²) in [5.74, 6) is 0. The van der Waals surface area contributed by atoms with Gasteiger partial charge in [0.15, 0.2) is 0 Å². The molecule has 5 rings (SSSR count). The Labute approximate surface area is 193 Å². The summed E-state index contributed by atoms with van der Waals surface area (Å²) in [6, 6.07) is 35.3. The van der Waals surface area contributed by atoms with E-state index in [1.165, 1.54) is 44.5 Å². The minimum absolute atomic E-state index is 0. The van der Waals surface area contributed by atoms with Crippen molar-refractivity contribution in [1.29, 1.82) is 0 Å². The number of hydrogen-bond donors (Lipinski definition) is 0. The molecule has 0 N–H and O–H groups in total. The zero-order valence-electron chi connectivity index (χ0n) is 15.1. The molecule has 0 bridgehead atoms. The summed E-state index contributed by atoms with van der Waals surface area (Å²) in [6.45, 7) is 0. The molecule has 4 aromatic carbocycles. The molecule has 1 aliphatic carbocycles. The summed E-state index contributed by atoms with van der Waals surface area (Å²) in [5, 5.41) is 0. The van der Waals surface area contributed by atoms with Crippen LogP contribution in [0.25, 0.3) is 33.4 Å². The SMILES string of the molecule is [Cl-].[Cl-].[Zr+2][CH]1c2cc(-c3ccccc3)ccc2-c2ccc(-c3ccccc3)cc21. The molecular formula is C25H17Cl2Zr. The van der Waals surface area contributed by atoms with Gasteiger partial charge in [-0.15, -0.1) is 0 Å². The number of fused-ring (bicyclic) bond motifs is 3. The van der Waals surface area contributed by atoms with Crippen LogP contribution in [0.15, 0.2) is 97.1 Å². The van der Waals surface area contributed by atoms with E-state index in [0.717, 1.165) is 0 Å². The van der Waals surface area contributed by atoms with Crippen molar-refractivity contribution in [2.45, 2.75) is 3.63 Å². The monoisotopic (exact) mass is 477 g/mol. The molecule has 135 valence electrons. The third-order valence-corrected chi connectivity index (χ3v) is 6.76. The third-order valence-electron chi connectivity index (χ3n) is 5.23. The maximum absolute atomic E-state index is 2.40. The van der Waals surface area contributed by atoms with Crippen molar-refractivity contribution < 1.29 is 49.5 Å². The van der Waals surface area contributed by atoms with Crippen molar-refractivity contribution in [3.8, 4) is 33.4 Å². The number of halogens is 2. The van der Waals surface area contributed by atoms with Gasteiger partial charge in [0.05, 0.1) is 0 Å². The first kappa shape index (κ1) is 21.1. The molecule has 28 heavy (non-hydrogen) atoms. The van der Waals surface area contributed by atoms with Crippen molar-refractivity contribution in [2.24, 2.45) is 0 Å². The summed E-state index contributed by atoms with van der Waals surface area (Å²) < 4.78 is 0.513. The minimum atomic E-state index is 0. The normalized spacial score (nSPS) is 11.8. The van der Waals surface area contributed by atoms with E-state index in [0.29, 0.717) is 3.63 Å². The standard InChI is InChI=1S/C25H17.2ClH.Zr/c1-3-7-18(8-4-1)20-11-13-24-22(15-20)17-23-16-21(12-14-25(23)24)19-9-5-2-6-10-19;;;/h1-17H;2*1H;/q;;;+2/p-2. The fourth-order valence-electron chi connectivity index (χ4n) is 3.88. The van der Waals surface area contributed by atoms with Gasteiger partial charge in [-0.2, -0.15) is 0 Å². The van der Waals surface area contributed by atoms with Gasteiger partial charge < -0.3 is 24.8 Å². The van der Waals surface area contributed by atoms with Crippen LogP contribution in [0.3, 0.4) is 0 Å². The summed E-state index contributed by atoms with van der Waals surface area (Å²) in [7, 11) is 0. The molecule has 0 fully saturated rings. The second-order valence-electron chi connectivity index (χ2n) is 6.77. The molecule has 0 aromatic heterocycles. The van der Waals surface area contributed by atoms with Gasteiger partial charge in [-0.05, 0) is 0 Å². The molecule has 0 spiro atoms. The summed E-state index contributed by atoms with van der Waals surface area (Å²) >= 11 is 1.55. The third kappa shape index (κ3) is 3.64. The van der Waals surface area contributed by atoms with E-state index in [9.17, 15) is 0 Å². The molecule has 0 unspecified atom stereocenters. The zero-order valence-corrected chi connectivity index (χ0v) is 19.0. The Hall–Kier alpha value is -1.66. The Bertz CT molecular complexity index is 1000. The predicted octanol–water partition coefficient (Wildman–Crippen LogP) is 0.645. The van der Waals surface area contributed by atoms with E-state index in [1.807, 2.05) is 0 Å². The van der Waals surface area contributed by atoms with Crippen molar-refractivity contribution >= 4 is 0 Å². The number of benzene rings is 4. The summed E-state index contributed by atoms with van der Waals surface area (Å²) in [5.41, 5.74) is 11.0. The Balaban J connectivity index is 0.00000112. The van der Waals surface area contributed by atoms with Gasteiger partial charge in [0.2, 0.25) is 0 Å². The van der Waals surface area contributed by atoms with Crippen LogP contribution in [0.2, 0.25) is 0 Å². The van der Waals surface area contributed by atoms with Crippen molar-refractivity contribution in [1.82, 2.24) is 0 Å². The maximum atomic E-state index is 2.40. The first-order valence-corrected chi connectivity index (χ1v) is 10.3. The molecule has 0 heterocycles. The molecule has 0 saturated heterocycles. The van der Waals surface area contributed by atoms with Crippen molar-refractivity contribution in [2.75, 3.05) is 0 Å².